The Balaban J connectivity index is 2.13. The number of nitrogens with zero attached hydrogens (tertiary/aromatic N) is 1. The molecule has 15 heavy (non-hydrogen) atoms. The van der Waals surface area contributed by atoms with Crippen LogP contribution in [0.3, 0.4) is 0 Å². The molecule has 90 valence electrons. The SMILES string of the molecule is CNCC(C)CN(C)CC1CCCCO1. The lowest BCUT2D eigenvalue weighted by Gasteiger charge is -2.28. The zero-order valence-electron chi connectivity index (χ0n) is 10.5. The van der Waals surface area contributed by atoms with E-state index in [0.717, 1.165) is 26.2 Å². The molecule has 1 saturated heterocycles. The minimum atomic E-state index is 0.477. The Morgan fingerprint density at radius 2 is 2.27 bits per heavy atom. The van der Waals surface area contributed by atoms with Crippen LogP contribution in [0, 0.1) is 5.92 Å². The van der Waals surface area contributed by atoms with Crippen LogP contribution in [-0.2, 0) is 4.74 Å². The third-order valence-electron chi connectivity index (χ3n) is 2.97. The fraction of sp³-hybridized carbons (Fsp3) is 1.00. The molecule has 0 spiro atoms. The molecule has 0 amide bonds. The maximum Gasteiger partial charge on any atom is 0.0701 e. The largest absolute Gasteiger partial charge is 0.377 e. The van der Waals surface area contributed by atoms with E-state index in [1.807, 2.05) is 7.05 Å². The van der Waals surface area contributed by atoms with Crippen molar-refractivity contribution in [3.05, 3.63) is 0 Å². The van der Waals surface area contributed by atoms with Crippen LogP contribution in [-0.4, -0.2) is 51.3 Å². The molecule has 2 unspecified atom stereocenters. The molecule has 0 aliphatic carbocycles. The van der Waals surface area contributed by atoms with Gasteiger partial charge in [-0.2, -0.15) is 0 Å². The van der Waals surface area contributed by atoms with E-state index in [-0.39, 0.29) is 0 Å². The fourth-order valence-corrected chi connectivity index (χ4v) is 2.32. The Bertz CT molecular complexity index is 158. The number of likely N-dealkylation sites (N-methyl/N-ethyl adjacent to an activating group) is 1. The molecule has 1 aliphatic heterocycles. The molecular formula is C12H26N2O. The van der Waals surface area contributed by atoms with Gasteiger partial charge in [0.2, 0.25) is 0 Å². The summed E-state index contributed by atoms with van der Waals surface area (Å²) in [6.45, 7) is 6.59. The summed E-state index contributed by atoms with van der Waals surface area (Å²) in [5.41, 5.74) is 0. The van der Waals surface area contributed by atoms with Crippen molar-refractivity contribution in [2.75, 3.05) is 40.3 Å². The van der Waals surface area contributed by atoms with Crippen molar-refractivity contribution >= 4 is 0 Å². The minimum absolute atomic E-state index is 0.477. The van der Waals surface area contributed by atoms with E-state index in [0.29, 0.717) is 12.0 Å². The summed E-state index contributed by atoms with van der Waals surface area (Å²) in [6, 6.07) is 0. The zero-order chi connectivity index (χ0) is 11.1. The van der Waals surface area contributed by atoms with E-state index in [2.05, 4.69) is 24.2 Å². The maximum atomic E-state index is 5.73. The highest BCUT2D eigenvalue weighted by molar-refractivity contribution is 4.69. The molecule has 0 bridgehead atoms. The second kappa shape index (κ2) is 7.20. The van der Waals surface area contributed by atoms with Crippen LogP contribution < -0.4 is 5.32 Å². The van der Waals surface area contributed by atoms with Gasteiger partial charge in [-0.15, -0.1) is 0 Å². The third-order valence-corrected chi connectivity index (χ3v) is 2.97. The van der Waals surface area contributed by atoms with E-state index in [9.17, 15) is 0 Å². The highest BCUT2D eigenvalue weighted by atomic mass is 16.5. The number of ether oxygens (including phenoxy) is 1. The van der Waals surface area contributed by atoms with Gasteiger partial charge in [-0.25, -0.2) is 0 Å². The van der Waals surface area contributed by atoms with Crippen molar-refractivity contribution in [2.24, 2.45) is 5.92 Å². The standard InChI is InChI=1S/C12H26N2O/c1-11(8-13-2)9-14(3)10-12-6-4-5-7-15-12/h11-13H,4-10H2,1-3H3. The van der Waals surface area contributed by atoms with E-state index in [1.54, 1.807) is 0 Å². The van der Waals surface area contributed by atoms with Crippen molar-refractivity contribution in [3.8, 4) is 0 Å². The third kappa shape index (κ3) is 5.50. The Morgan fingerprint density at radius 3 is 2.87 bits per heavy atom. The van der Waals surface area contributed by atoms with Crippen LogP contribution >= 0.6 is 0 Å². The maximum absolute atomic E-state index is 5.73. The first-order valence-electron chi connectivity index (χ1n) is 6.17. The van der Waals surface area contributed by atoms with Crippen LogP contribution in [0.15, 0.2) is 0 Å². The Labute approximate surface area is 94.2 Å². The lowest BCUT2D eigenvalue weighted by atomic mass is 10.1. The number of nitrogens with one attached hydrogen (secondary N) is 1. The quantitative estimate of drug-likeness (QED) is 0.722. The lowest BCUT2D eigenvalue weighted by Crippen LogP contribution is -2.37. The molecule has 0 aromatic carbocycles. The molecule has 1 rings (SSSR count). The Hall–Kier alpha value is -0.120. The topological polar surface area (TPSA) is 24.5 Å². The zero-order valence-corrected chi connectivity index (χ0v) is 10.5. The van der Waals surface area contributed by atoms with E-state index in [1.165, 1.54) is 19.3 Å². The fourth-order valence-electron chi connectivity index (χ4n) is 2.32. The van der Waals surface area contributed by atoms with Gasteiger partial charge in [-0.05, 0) is 45.8 Å². The monoisotopic (exact) mass is 214 g/mol. The molecule has 2 atom stereocenters. The summed E-state index contributed by atoms with van der Waals surface area (Å²) in [5.74, 6) is 0.712. The highest BCUT2D eigenvalue weighted by Crippen LogP contribution is 2.13. The molecule has 0 saturated carbocycles. The summed E-state index contributed by atoms with van der Waals surface area (Å²) in [7, 11) is 4.21. The second-order valence-corrected chi connectivity index (χ2v) is 4.87. The van der Waals surface area contributed by atoms with Crippen molar-refractivity contribution in [3.63, 3.8) is 0 Å². The molecule has 0 radical (unpaired) electrons. The average Bonchev–Trinajstić information content (AvgIpc) is 2.19. The summed E-state index contributed by atoms with van der Waals surface area (Å²) in [4.78, 5) is 2.40. The molecule has 1 fully saturated rings. The minimum Gasteiger partial charge on any atom is -0.377 e. The van der Waals surface area contributed by atoms with Crippen LogP contribution in [0.4, 0.5) is 0 Å². The molecule has 1 N–H and O–H groups in total. The normalized spacial score (nSPS) is 24.4. The summed E-state index contributed by atoms with van der Waals surface area (Å²) in [6.07, 6.45) is 4.30. The van der Waals surface area contributed by atoms with Gasteiger partial charge in [0.05, 0.1) is 6.10 Å². The molecule has 3 heteroatoms. The van der Waals surface area contributed by atoms with E-state index >= 15 is 0 Å². The molecule has 1 aliphatic rings. The van der Waals surface area contributed by atoms with Gasteiger partial charge in [0, 0.05) is 19.7 Å². The van der Waals surface area contributed by atoms with Crippen molar-refractivity contribution in [1.82, 2.24) is 10.2 Å². The first-order valence-corrected chi connectivity index (χ1v) is 6.17. The van der Waals surface area contributed by atoms with Crippen LogP contribution in [0.5, 0.6) is 0 Å². The van der Waals surface area contributed by atoms with Crippen molar-refractivity contribution in [2.45, 2.75) is 32.3 Å². The van der Waals surface area contributed by atoms with Crippen LogP contribution in [0.1, 0.15) is 26.2 Å². The highest BCUT2D eigenvalue weighted by Gasteiger charge is 2.16. The average molecular weight is 214 g/mol. The summed E-state index contributed by atoms with van der Waals surface area (Å²) in [5, 5.41) is 3.22. The predicted octanol–water partition coefficient (Wildman–Crippen LogP) is 1.34. The van der Waals surface area contributed by atoms with Gasteiger partial charge in [-0.3, -0.25) is 0 Å². The predicted molar refractivity (Wildman–Crippen MR) is 64.2 cm³/mol. The lowest BCUT2D eigenvalue weighted by molar-refractivity contribution is -0.00308. The molecule has 0 aromatic rings. The molecule has 0 aromatic heterocycles. The number of hydrogen-bond donors (Lipinski definition) is 1. The Kier molecular flexibility index (Phi) is 6.22. The summed E-state index contributed by atoms with van der Waals surface area (Å²) >= 11 is 0. The number of rotatable bonds is 6. The van der Waals surface area contributed by atoms with Gasteiger partial charge in [-0.1, -0.05) is 6.92 Å². The van der Waals surface area contributed by atoms with Gasteiger partial charge in [0.25, 0.3) is 0 Å². The van der Waals surface area contributed by atoms with Gasteiger partial charge in [0.1, 0.15) is 0 Å². The smallest absolute Gasteiger partial charge is 0.0701 e. The van der Waals surface area contributed by atoms with Gasteiger partial charge < -0.3 is 15.0 Å². The number of hydrogen-bond acceptors (Lipinski definition) is 3. The first-order chi connectivity index (χ1) is 7.22. The first kappa shape index (κ1) is 12.9. The van der Waals surface area contributed by atoms with Gasteiger partial charge in [0.15, 0.2) is 0 Å². The van der Waals surface area contributed by atoms with Crippen LogP contribution in [0.2, 0.25) is 0 Å². The summed E-state index contributed by atoms with van der Waals surface area (Å²) < 4.78 is 5.73. The molecule has 1 heterocycles. The van der Waals surface area contributed by atoms with E-state index in [4.69, 9.17) is 4.74 Å². The van der Waals surface area contributed by atoms with Gasteiger partial charge >= 0.3 is 0 Å². The van der Waals surface area contributed by atoms with Crippen LogP contribution in [0.25, 0.3) is 0 Å². The van der Waals surface area contributed by atoms with E-state index < -0.39 is 0 Å². The molecule has 3 nitrogen and oxygen atoms in total. The Morgan fingerprint density at radius 1 is 1.47 bits per heavy atom. The second-order valence-electron chi connectivity index (χ2n) is 4.87. The van der Waals surface area contributed by atoms with Crippen molar-refractivity contribution in [1.29, 1.82) is 0 Å². The van der Waals surface area contributed by atoms with Crippen molar-refractivity contribution < 1.29 is 4.74 Å². The molecular weight excluding hydrogens is 188 g/mol.